The highest BCUT2D eigenvalue weighted by Gasteiger charge is 2.30. The number of carbonyl (C=O) groups is 1. The van der Waals surface area contributed by atoms with Crippen molar-refractivity contribution in [2.75, 3.05) is 19.7 Å². The minimum atomic E-state index is 0.0382. The molecule has 22 heavy (non-hydrogen) atoms. The first-order valence-corrected chi connectivity index (χ1v) is 9.02. The van der Waals surface area contributed by atoms with Crippen LogP contribution in [0.1, 0.15) is 41.3 Å². The zero-order valence-electron chi connectivity index (χ0n) is 13.4. The van der Waals surface area contributed by atoms with Crippen molar-refractivity contribution in [1.29, 1.82) is 0 Å². The Labute approximate surface area is 136 Å². The van der Waals surface area contributed by atoms with E-state index in [0.717, 1.165) is 43.2 Å². The van der Waals surface area contributed by atoms with Crippen molar-refractivity contribution in [1.82, 2.24) is 15.2 Å². The number of ether oxygens (including phenoxy) is 1. The normalized spacial score (nSPS) is 23.0. The fraction of sp³-hybridized carbons (Fsp3) is 0.750. The maximum atomic E-state index is 12.3. The van der Waals surface area contributed by atoms with Gasteiger partial charge in [0.05, 0.1) is 18.3 Å². The summed E-state index contributed by atoms with van der Waals surface area (Å²) >= 11 is 1.66. The van der Waals surface area contributed by atoms with Crippen LogP contribution in [0.5, 0.6) is 0 Å². The summed E-state index contributed by atoms with van der Waals surface area (Å²) in [6, 6.07) is 0.0382. The summed E-state index contributed by atoms with van der Waals surface area (Å²) in [6.45, 7) is 7.20. The molecule has 1 aromatic heterocycles. The number of aromatic nitrogens is 1. The van der Waals surface area contributed by atoms with Gasteiger partial charge in [-0.05, 0) is 45.4 Å². The van der Waals surface area contributed by atoms with Crippen molar-refractivity contribution in [3.8, 4) is 0 Å². The molecule has 0 aliphatic carbocycles. The Bertz CT molecular complexity index is 498. The van der Waals surface area contributed by atoms with Gasteiger partial charge in [0.2, 0.25) is 0 Å². The van der Waals surface area contributed by atoms with Gasteiger partial charge in [-0.15, -0.1) is 11.3 Å². The van der Waals surface area contributed by atoms with Crippen LogP contribution in [0, 0.1) is 19.8 Å². The molecule has 3 rings (SSSR count). The number of carbonyl (C=O) groups excluding carboxylic acids is 1. The van der Waals surface area contributed by atoms with E-state index >= 15 is 0 Å². The van der Waals surface area contributed by atoms with Crippen molar-refractivity contribution >= 4 is 17.4 Å². The van der Waals surface area contributed by atoms with E-state index in [1.54, 1.807) is 11.3 Å². The van der Waals surface area contributed by atoms with E-state index in [0.29, 0.717) is 18.6 Å². The van der Waals surface area contributed by atoms with E-state index in [-0.39, 0.29) is 6.03 Å². The van der Waals surface area contributed by atoms with Gasteiger partial charge in [-0.3, -0.25) is 0 Å². The predicted octanol–water partition coefficient (Wildman–Crippen LogP) is 2.86. The van der Waals surface area contributed by atoms with Crippen LogP contribution in [0.25, 0.3) is 0 Å². The van der Waals surface area contributed by atoms with Crippen LogP contribution < -0.4 is 5.32 Å². The Morgan fingerprint density at radius 3 is 2.73 bits per heavy atom. The van der Waals surface area contributed by atoms with Crippen molar-refractivity contribution < 1.29 is 9.53 Å². The Morgan fingerprint density at radius 1 is 1.36 bits per heavy atom. The SMILES string of the molecule is Cc1nc(CNC(=O)N2CCC(C3CCCO3)CC2)sc1C. The summed E-state index contributed by atoms with van der Waals surface area (Å²) < 4.78 is 5.78. The second-order valence-electron chi connectivity index (χ2n) is 6.28. The van der Waals surface area contributed by atoms with Gasteiger partial charge < -0.3 is 15.0 Å². The van der Waals surface area contributed by atoms with Crippen LogP contribution >= 0.6 is 11.3 Å². The summed E-state index contributed by atoms with van der Waals surface area (Å²) in [6.07, 6.45) is 4.95. The Morgan fingerprint density at radius 2 is 2.14 bits per heavy atom. The Hall–Kier alpha value is -1.14. The van der Waals surface area contributed by atoms with E-state index in [2.05, 4.69) is 17.2 Å². The quantitative estimate of drug-likeness (QED) is 0.930. The lowest BCUT2D eigenvalue weighted by atomic mass is 9.90. The molecule has 1 N–H and O–H groups in total. The number of aryl methyl sites for hydroxylation is 2. The fourth-order valence-electron chi connectivity index (χ4n) is 3.33. The lowest BCUT2D eigenvalue weighted by Gasteiger charge is -2.34. The first-order valence-electron chi connectivity index (χ1n) is 8.21. The van der Waals surface area contributed by atoms with E-state index < -0.39 is 0 Å². The average molecular weight is 323 g/mol. The minimum absolute atomic E-state index is 0.0382. The van der Waals surface area contributed by atoms with Gasteiger partial charge in [0, 0.05) is 24.6 Å². The number of nitrogens with one attached hydrogen (secondary N) is 1. The monoisotopic (exact) mass is 323 g/mol. The third-order valence-corrected chi connectivity index (χ3v) is 5.85. The highest BCUT2D eigenvalue weighted by Crippen LogP contribution is 2.28. The molecule has 0 spiro atoms. The summed E-state index contributed by atoms with van der Waals surface area (Å²) in [4.78, 5) is 19.9. The zero-order chi connectivity index (χ0) is 15.5. The first kappa shape index (κ1) is 15.7. The van der Waals surface area contributed by atoms with Crippen LogP contribution in [0.15, 0.2) is 0 Å². The molecule has 2 amide bonds. The molecule has 6 heteroatoms. The standard InChI is InChI=1S/C16H25N3O2S/c1-11-12(2)22-15(18-11)10-17-16(20)19-7-5-13(6-8-19)14-4-3-9-21-14/h13-14H,3-10H2,1-2H3,(H,17,20). The van der Waals surface area contributed by atoms with Gasteiger partial charge in [-0.1, -0.05) is 0 Å². The molecule has 3 heterocycles. The molecule has 0 saturated carbocycles. The van der Waals surface area contributed by atoms with Gasteiger partial charge >= 0.3 is 6.03 Å². The third kappa shape index (κ3) is 3.60. The van der Waals surface area contributed by atoms with Crippen LogP contribution in [0.2, 0.25) is 0 Å². The molecule has 1 unspecified atom stereocenters. The molecule has 1 atom stereocenters. The van der Waals surface area contributed by atoms with Crippen LogP contribution in [0.3, 0.4) is 0 Å². The molecule has 2 aliphatic heterocycles. The van der Waals surface area contributed by atoms with Crippen molar-refractivity contribution in [2.24, 2.45) is 5.92 Å². The van der Waals surface area contributed by atoms with Gasteiger partial charge in [0.25, 0.3) is 0 Å². The molecule has 0 aromatic carbocycles. The number of hydrogen-bond donors (Lipinski definition) is 1. The smallest absolute Gasteiger partial charge is 0.317 e. The molecule has 0 bridgehead atoms. The van der Waals surface area contributed by atoms with E-state index in [1.165, 1.54) is 17.7 Å². The molecular formula is C16H25N3O2S. The van der Waals surface area contributed by atoms with Crippen LogP contribution in [-0.2, 0) is 11.3 Å². The molecule has 122 valence electrons. The second kappa shape index (κ2) is 6.96. The predicted molar refractivity (Wildman–Crippen MR) is 87.1 cm³/mol. The van der Waals surface area contributed by atoms with E-state index in [4.69, 9.17) is 4.74 Å². The van der Waals surface area contributed by atoms with E-state index in [1.807, 2.05) is 11.8 Å². The fourth-order valence-corrected chi connectivity index (χ4v) is 4.20. The summed E-state index contributed by atoms with van der Waals surface area (Å²) in [5, 5.41) is 3.98. The van der Waals surface area contributed by atoms with Gasteiger partial charge in [0.1, 0.15) is 5.01 Å². The molecule has 2 saturated heterocycles. The number of thiazole rings is 1. The Kier molecular flexibility index (Phi) is 4.98. The lowest BCUT2D eigenvalue weighted by molar-refractivity contribution is 0.0372. The van der Waals surface area contributed by atoms with Crippen LogP contribution in [-0.4, -0.2) is 41.7 Å². The number of likely N-dealkylation sites (tertiary alicyclic amines) is 1. The molecule has 1 aromatic rings. The first-order chi connectivity index (χ1) is 10.6. The number of hydrogen-bond acceptors (Lipinski definition) is 4. The number of nitrogens with zero attached hydrogens (tertiary/aromatic N) is 2. The summed E-state index contributed by atoms with van der Waals surface area (Å²) in [7, 11) is 0. The molecule has 5 nitrogen and oxygen atoms in total. The molecular weight excluding hydrogens is 298 g/mol. The Balaban J connectivity index is 1.43. The minimum Gasteiger partial charge on any atom is -0.378 e. The van der Waals surface area contributed by atoms with Gasteiger partial charge in [-0.2, -0.15) is 0 Å². The number of amides is 2. The summed E-state index contributed by atoms with van der Waals surface area (Å²) in [5.41, 5.74) is 1.06. The lowest BCUT2D eigenvalue weighted by Crippen LogP contribution is -2.45. The maximum absolute atomic E-state index is 12.3. The van der Waals surface area contributed by atoms with E-state index in [9.17, 15) is 4.79 Å². The van der Waals surface area contributed by atoms with Gasteiger partial charge in [0.15, 0.2) is 0 Å². The highest BCUT2D eigenvalue weighted by molar-refractivity contribution is 7.11. The second-order valence-corrected chi connectivity index (χ2v) is 7.57. The average Bonchev–Trinajstić information content (AvgIpc) is 3.16. The maximum Gasteiger partial charge on any atom is 0.317 e. The zero-order valence-corrected chi connectivity index (χ0v) is 14.2. The topological polar surface area (TPSA) is 54.5 Å². The highest BCUT2D eigenvalue weighted by atomic mass is 32.1. The molecule has 0 radical (unpaired) electrons. The van der Waals surface area contributed by atoms with Crippen LogP contribution in [0.4, 0.5) is 4.79 Å². The number of urea groups is 1. The van der Waals surface area contributed by atoms with Crippen molar-refractivity contribution in [3.63, 3.8) is 0 Å². The third-order valence-electron chi connectivity index (χ3n) is 4.78. The summed E-state index contributed by atoms with van der Waals surface area (Å²) in [5.74, 6) is 0.635. The molecule has 2 fully saturated rings. The number of piperidine rings is 1. The number of rotatable bonds is 3. The van der Waals surface area contributed by atoms with Crippen molar-refractivity contribution in [2.45, 2.75) is 52.2 Å². The van der Waals surface area contributed by atoms with Gasteiger partial charge in [-0.25, -0.2) is 9.78 Å². The largest absolute Gasteiger partial charge is 0.378 e. The van der Waals surface area contributed by atoms with Crippen molar-refractivity contribution in [3.05, 3.63) is 15.6 Å². The molecule has 2 aliphatic rings.